The number of nitrogens with zero attached hydrogens (tertiary/aromatic N) is 1. The molecule has 110 valence electrons. The summed E-state index contributed by atoms with van der Waals surface area (Å²) in [5.74, 6) is 0. The zero-order valence-corrected chi connectivity index (χ0v) is 13.8. The van der Waals surface area contributed by atoms with E-state index in [-0.39, 0.29) is 0 Å². The molecule has 3 N–H and O–H groups in total. The van der Waals surface area contributed by atoms with Crippen molar-refractivity contribution in [1.29, 1.82) is 0 Å². The van der Waals surface area contributed by atoms with Crippen molar-refractivity contribution >= 4 is 38.8 Å². The molecule has 0 aromatic heterocycles. The van der Waals surface area contributed by atoms with Crippen LogP contribution in [0.25, 0.3) is 0 Å². The van der Waals surface area contributed by atoms with E-state index in [0.29, 0.717) is 4.99 Å². The first-order valence-electron chi connectivity index (χ1n) is 6.80. The lowest BCUT2D eigenvalue weighted by atomic mass is 10.2. The third-order valence-corrected chi connectivity index (χ3v) is 4.22. The van der Waals surface area contributed by atoms with Crippen molar-refractivity contribution in [3.8, 4) is 0 Å². The van der Waals surface area contributed by atoms with Gasteiger partial charge in [-0.1, -0.05) is 12.2 Å². The number of nitrogens with one attached hydrogen (secondary N) is 1. The van der Waals surface area contributed by atoms with Crippen molar-refractivity contribution in [3.63, 3.8) is 0 Å². The summed E-state index contributed by atoms with van der Waals surface area (Å²) in [7, 11) is 0. The van der Waals surface area contributed by atoms with Gasteiger partial charge in [-0.3, -0.25) is 4.90 Å². The average molecular weight is 358 g/mol. The SMILES string of the molecule is NC(=S)c1ccc(NCCCN2CCOCC2)c(Br)c1. The third kappa shape index (κ3) is 4.70. The third-order valence-electron chi connectivity index (χ3n) is 3.32. The second kappa shape index (κ2) is 7.93. The molecule has 0 saturated carbocycles. The fourth-order valence-corrected chi connectivity index (χ4v) is 2.81. The molecule has 1 saturated heterocycles. The van der Waals surface area contributed by atoms with Crippen LogP contribution in [0.1, 0.15) is 12.0 Å². The lowest BCUT2D eigenvalue weighted by Crippen LogP contribution is -2.37. The molecule has 0 amide bonds. The topological polar surface area (TPSA) is 50.5 Å². The van der Waals surface area contributed by atoms with Crippen molar-refractivity contribution in [2.24, 2.45) is 5.73 Å². The van der Waals surface area contributed by atoms with E-state index in [2.05, 4.69) is 26.1 Å². The maximum atomic E-state index is 5.61. The molecule has 1 aromatic rings. The van der Waals surface area contributed by atoms with Crippen LogP contribution in [0.5, 0.6) is 0 Å². The van der Waals surface area contributed by atoms with Crippen LogP contribution in [0, 0.1) is 0 Å². The maximum absolute atomic E-state index is 5.61. The molecular formula is C14H20BrN3OS. The molecule has 0 atom stereocenters. The monoisotopic (exact) mass is 357 g/mol. The lowest BCUT2D eigenvalue weighted by molar-refractivity contribution is 0.0378. The Labute approximate surface area is 133 Å². The van der Waals surface area contributed by atoms with E-state index in [9.17, 15) is 0 Å². The summed E-state index contributed by atoms with van der Waals surface area (Å²) in [6.07, 6.45) is 1.11. The number of halogens is 1. The summed E-state index contributed by atoms with van der Waals surface area (Å²) in [4.78, 5) is 2.86. The van der Waals surface area contributed by atoms with E-state index in [0.717, 1.165) is 61.5 Å². The van der Waals surface area contributed by atoms with Gasteiger partial charge in [-0.05, 0) is 47.1 Å². The van der Waals surface area contributed by atoms with Gasteiger partial charge in [0.15, 0.2) is 0 Å². The zero-order valence-electron chi connectivity index (χ0n) is 11.4. The van der Waals surface area contributed by atoms with E-state index in [1.807, 2.05) is 18.2 Å². The Morgan fingerprint density at radius 2 is 2.15 bits per heavy atom. The summed E-state index contributed by atoms with van der Waals surface area (Å²) in [6, 6.07) is 5.90. The van der Waals surface area contributed by atoms with Crippen LogP contribution in [0.4, 0.5) is 5.69 Å². The first-order valence-corrected chi connectivity index (χ1v) is 8.00. The van der Waals surface area contributed by atoms with Crippen LogP contribution in [0.15, 0.2) is 22.7 Å². The Kier molecular flexibility index (Phi) is 6.22. The van der Waals surface area contributed by atoms with Gasteiger partial charge in [0.25, 0.3) is 0 Å². The molecule has 1 aliphatic heterocycles. The lowest BCUT2D eigenvalue weighted by Gasteiger charge is -2.26. The number of thiocarbonyl (C=S) groups is 1. The van der Waals surface area contributed by atoms with Crippen LogP contribution in [-0.2, 0) is 4.74 Å². The van der Waals surface area contributed by atoms with E-state index in [4.69, 9.17) is 22.7 Å². The van der Waals surface area contributed by atoms with Gasteiger partial charge < -0.3 is 15.8 Å². The summed E-state index contributed by atoms with van der Waals surface area (Å²) < 4.78 is 6.33. The largest absolute Gasteiger partial charge is 0.389 e. The highest BCUT2D eigenvalue weighted by Crippen LogP contribution is 2.23. The van der Waals surface area contributed by atoms with Crippen molar-refractivity contribution in [2.45, 2.75) is 6.42 Å². The number of anilines is 1. The molecule has 20 heavy (non-hydrogen) atoms. The minimum Gasteiger partial charge on any atom is -0.389 e. The van der Waals surface area contributed by atoms with Gasteiger partial charge in [-0.25, -0.2) is 0 Å². The van der Waals surface area contributed by atoms with Gasteiger partial charge in [-0.2, -0.15) is 0 Å². The zero-order chi connectivity index (χ0) is 14.4. The highest BCUT2D eigenvalue weighted by Gasteiger charge is 2.09. The second-order valence-corrected chi connectivity index (χ2v) is 6.09. The highest BCUT2D eigenvalue weighted by molar-refractivity contribution is 9.10. The normalized spacial score (nSPS) is 16.1. The van der Waals surface area contributed by atoms with Gasteiger partial charge in [0.2, 0.25) is 0 Å². The average Bonchev–Trinajstić information content (AvgIpc) is 2.46. The Morgan fingerprint density at radius 1 is 1.40 bits per heavy atom. The molecule has 0 unspecified atom stereocenters. The summed E-state index contributed by atoms with van der Waals surface area (Å²) >= 11 is 8.50. The minimum absolute atomic E-state index is 0.421. The van der Waals surface area contributed by atoms with E-state index < -0.39 is 0 Å². The number of rotatable bonds is 6. The minimum atomic E-state index is 0.421. The molecule has 0 bridgehead atoms. The van der Waals surface area contributed by atoms with Gasteiger partial charge in [0.05, 0.1) is 13.2 Å². The van der Waals surface area contributed by atoms with Crippen molar-refractivity contribution in [1.82, 2.24) is 4.90 Å². The predicted octanol–water partition coefficient (Wildman–Crippen LogP) is 2.22. The molecule has 1 heterocycles. The Hall–Kier alpha value is -0.690. The van der Waals surface area contributed by atoms with Crippen LogP contribution in [0.2, 0.25) is 0 Å². The maximum Gasteiger partial charge on any atom is 0.104 e. The first-order chi connectivity index (χ1) is 9.66. The molecule has 0 spiro atoms. The summed E-state index contributed by atoms with van der Waals surface area (Å²) in [5.41, 5.74) is 7.57. The Balaban J connectivity index is 1.74. The smallest absolute Gasteiger partial charge is 0.104 e. The van der Waals surface area contributed by atoms with E-state index >= 15 is 0 Å². The van der Waals surface area contributed by atoms with Crippen LogP contribution in [-0.4, -0.2) is 49.3 Å². The van der Waals surface area contributed by atoms with E-state index in [1.54, 1.807) is 0 Å². The number of morpholine rings is 1. The molecule has 1 aromatic carbocycles. The molecule has 6 heteroatoms. The highest BCUT2D eigenvalue weighted by atomic mass is 79.9. The van der Waals surface area contributed by atoms with Gasteiger partial charge in [0, 0.05) is 35.4 Å². The predicted molar refractivity (Wildman–Crippen MR) is 90.4 cm³/mol. The molecule has 0 aliphatic carbocycles. The van der Waals surface area contributed by atoms with Crippen molar-refractivity contribution in [2.75, 3.05) is 44.7 Å². The summed E-state index contributed by atoms with van der Waals surface area (Å²) in [6.45, 7) is 5.87. The van der Waals surface area contributed by atoms with Crippen LogP contribution < -0.4 is 11.1 Å². The Morgan fingerprint density at radius 3 is 2.80 bits per heavy atom. The van der Waals surface area contributed by atoms with Crippen molar-refractivity contribution < 1.29 is 4.74 Å². The fraction of sp³-hybridized carbons (Fsp3) is 0.500. The molecule has 1 aliphatic rings. The number of ether oxygens (including phenoxy) is 1. The van der Waals surface area contributed by atoms with Gasteiger partial charge in [-0.15, -0.1) is 0 Å². The number of hydrogen-bond donors (Lipinski definition) is 2. The van der Waals surface area contributed by atoms with Crippen LogP contribution in [0.3, 0.4) is 0 Å². The molecule has 0 radical (unpaired) electrons. The number of hydrogen-bond acceptors (Lipinski definition) is 4. The quantitative estimate of drug-likeness (QED) is 0.603. The second-order valence-electron chi connectivity index (χ2n) is 4.79. The van der Waals surface area contributed by atoms with E-state index in [1.165, 1.54) is 0 Å². The van der Waals surface area contributed by atoms with Gasteiger partial charge >= 0.3 is 0 Å². The van der Waals surface area contributed by atoms with Gasteiger partial charge in [0.1, 0.15) is 4.99 Å². The molecule has 1 fully saturated rings. The number of nitrogens with two attached hydrogens (primary N) is 1. The molecule has 2 rings (SSSR count). The summed E-state index contributed by atoms with van der Waals surface area (Å²) in [5, 5.41) is 3.43. The molecular weight excluding hydrogens is 338 g/mol. The number of benzene rings is 1. The standard InChI is InChI=1S/C14H20BrN3OS/c15-12-10-11(14(16)20)2-3-13(12)17-4-1-5-18-6-8-19-9-7-18/h2-3,10,17H,1,4-9H2,(H2,16,20). The Bertz CT molecular complexity index is 464. The van der Waals surface area contributed by atoms with Crippen LogP contribution >= 0.6 is 28.1 Å². The van der Waals surface area contributed by atoms with Crippen molar-refractivity contribution in [3.05, 3.63) is 28.2 Å². The first kappa shape index (κ1) is 15.7. The molecule has 4 nitrogen and oxygen atoms in total. The fourth-order valence-electron chi connectivity index (χ4n) is 2.16.